The van der Waals surface area contributed by atoms with Gasteiger partial charge in [0.15, 0.2) is 0 Å². The number of para-hydroxylation sites is 2. The smallest absolute Gasteiger partial charge is 0.142 e. The summed E-state index contributed by atoms with van der Waals surface area (Å²) in [6, 6.07) is 12.4. The molecule has 1 fully saturated rings. The zero-order chi connectivity index (χ0) is 15.4. The van der Waals surface area contributed by atoms with Gasteiger partial charge in [0.25, 0.3) is 0 Å². The van der Waals surface area contributed by atoms with Crippen LogP contribution in [0.5, 0.6) is 5.75 Å². The summed E-state index contributed by atoms with van der Waals surface area (Å²) in [5, 5.41) is 0. The molecule has 0 unspecified atom stereocenters. The van der Waals surface area contributed by atoms with E-state index in [9.17, 15) is 0 Å². The van der Waals surface area contributed by atoms with Crippen LogP contribution in [0.15, 0.2) is 42.6 Å². The molecule has 0 amide bonds. The Hall–Kier alpha value is -2.07. The number of piperazine rings is 1. The van der Waals surface area contributed by atoms with Gasteiger partial charge < -0.3 is 9.64 Å². The van der Waals surface area contributed by atoms with Crippen LogP contribution in [0.25, 0.3) is 0 Å². The fourth-order valence-corrected chi connectivity index (χ4v) is 2.93. The molecule has 0 spiro atoms. The number of hydrogen-bond donors (Lipinski definition) is 0. The van der Waals surface area contributed by atoms with Crippen LogP contribution in [-0.4, -0.2) is 43.2 Å². The summed E-state index contributed by atoms with van der Waals surface area (Å²) in [5.41, 5.74) is 3.65. The number of aryl methyl sites for hydroxylation is 1. The van der Waals surface area contributed by atoms with Gasteiger partial charge in [-0.3, -0.25) is 9.88 Å². The van der Waals surface area contributed by atoms with Gasteiger partial charge in [-0.25, -0.2) is 0 Å². The quantitative estimate of drug-likeness (QED) is 0.867. The van der Waals surface area contributed by atoms with Gasteiger partial charge in [0.1, 0.15) is 5.75 Å². The molecule has 4 nitrogen and oxygen atoms in total. The third-order valence-electron chi connectivity index (χ3n) is 4.29. The third-order valence-corrected chi connectivity index (χ3v) is 4.29. The molecule has 0 radical (unpaired) electrons. The molecule has 116 valence electrons. The number of benzene rings is 1. The number of nitrogens with zero attached hydrogens (tertiary/aromatic N) is 3. The molecule has 2 heterocycles. The number of pyridine rings is 1. The predicted octanol–water partition coefficient (Wildman–Crippen LogP) is 2.72. The van der Waals surface area contributed by atoms with Crippen LogP contribution in [0.2, 0.25) is 0 Å². The molecule has 3 rings (SSSR count). The van der Waals surface area contributed by atoms with Crippen molar-refractivity contribution >= 4 is 5.69 Å². The molecule has 1 aromatic heterocycles. The minimum absolute atomic E-state index is 0.937. The van der Waals surface area contributed by atoms with Crippen LogP contribution >= 0.6 is 0 Å². The van der Waals surface area contributed by atoms with Crippen molar-refractivity contribution < 1.29 is 4.74 Å². The molecule has 0 N–H and O–H groups in total. The van der Waals surface area contributed by atoms with E-state index in [1.165, 1.54) is 16.9 Å². The van der Waals surface area contributed by atoms with Crippen molar-refractivity contribution in [1.82, 2.24) is 9.88 Å². The molecule has 1 saturated heterocycles. The number of ether oxygens (including phenoxy) is 1. The molecule has 22 heavy (non-hydrogen) atoms. The fourth-order valence-electron chi connectivity index (χ4n) is 2.93. The highest BCUT2D eigenvalue weighted by Crippen LogP contribution is 2.28. The lowest BCUT2D eigenvalue weighted by Crippen LogP contribution is -2.46. The fraction of sp³-hybridized carbons (Fsp3) is 0.389. The topological polar surface area (TPSA) is 28.6 Å². The van der Waals surface area contributed by atoms with Crippen LogP contribution < -0.4 is 9.64 Å². The Kier molecular flexibility index (Phi) is 4.59. The first-order chi connectivity index (χ1) is 10.8. The Morgan fingerprint density at radius 1 is 1.05 bits per heavy atom. The number of hydrogen-bond acceptors (Lipinski definition) is 4. The summed E-state index contributed by atoms with van der Waals surface area (Å²) < 4.78 is 5.47. The highest BCUT2D eigenvalue weighted by molar-refractivity contribution is 5.58. The summed E-state index contributed by atoms with van der Waals surface area (Å²) in [7, 11) is 1.74. The summed E-state index contributed by atoms with van der Waals surface area (Å²) in [6.07, 6.45) is 1.88. The van der Waals surface area contributed by atoms with Crippen LogP contribution in [0.1, 0.15) is 11.3 Å². The van der Waals surface area contributed by atoms with Gasteiger partial charge in [-0.05, 0) is 30.7 Å². The maximum absolute atomic E-state index is 5.47. The van der Waals surface area contributed by atoms with E-state index < -0.39 is 0 Å². The van der Waals surface area contributed by atoms with Gasteiger partial charge in [-0.1, -0.05) is 18.2 Å². The number of methoxy groups -OCH3 is 1. The number of aromatic nitrogens is 1. The van der Waals surface area contributed by atoms with Gasteiger partial charge in [0.05, 0.1) is 18.5 Å². The Balaban J connectivity index is 1.62. The van der Waals surface area contributed by atoms with Crippen LogP contribution in [-0.2, 0) is 6.54 Å². The molecule has 0 saturated carbocycles. The lowest BCUT2D eigenvalue weighted by atomic mass is 10.2. The van der Waals surface area contributed by atoms with E-state index in [2.05, 4.69) is 39.9 Å². The summed E-state index contributed by atoms with van der Waals surface area (Å²) in [4.78, 5) is 9.38. The standard InChI is InChI=1S/C18H23N3O/c1-15-6-5-9-19-16(15)14-20-10-12-21(13-11-20)17-7-3-4-8-18(17)22-2/h3-9H,10-14H2,1-2H3. The average molecular weight is 297 g/mol. The Labute approximate surface area is 132 Å². The molecular formula is C18H23N3O. The minimum atomic E-state index is 0.937. The predicted molar refractivity (Wildman–Crippen MR) is 89.5 cm³/mol. The minimum Gasteiger partial charge on any atom is -0.495 e. The number of anilines is 1. The Morgan fingerprint density at radius 2 is 1.82 bits per heavy atom. The highest BCUT2D eigenvalue weighted by Gasteiger charge is 2.20. The van der Waals surface area contributed by atoms with Gasteiger partial charge in [0.2, 0.25) is 0 Å². The van der Waals surface area contributed by atoms with E-state index in [4.69, 9.17) is 4.74 Å². The van der Waals surface area contributed by atoms with E-state index in [1.807, 2.05) is 24.4 Å². The summed E-state index contributed by atoms with van der Waals surface area (Å²) in [5.74, 6) is 0.955. The van der Waals surface area contributed by atoms with E-state index in [0.717, 1.165) is 38.5 Å². The zero-order valence-electron chi connectivity index (χ0n) is 13.3. The first-order valence-corrected chi connectivity index (χ1v) is 7.79. The van der Waals surface area contributed by atoms with Crippen molar-refractivity contribution in [2.24, 2.45) is 0 Å². The largest absolute Gasteiger partial charge is 0.495 e. The normalized spacial score (nSPS) is 15.8. The van der Waals surface area contributed by atoms with Crippen molar-refractivity contribution in [2.45, 2.75) is 13.5 Å². The van der Waals surface area contributed by atoms with E-state index in [1.54, 1.807) is 7.11 Å². The second-order valence-electron chi connectivity index (χ2n) is 5.70. The van der Waals surface area contributed by atoms with E-state index in [-0.39, 0.29) is 0 Å². The van der Waals surface area contributed by atoms with E-state index >= 15 is 0 Å². The Morgan fingerprint density at radius 3 is 2.55 bits per heavy atom. The second-order valence-corrected chi connectivity index (χ2v) is 5.70. The molecule has 2 aromatic rings. The monoisotopic (exact) mass is 297 g/mol. The maximum Gasteiger partial charge on any atom is 0.142 e. The molecular weight excluding hydrogens is 274 g/mol. The average Bonchev–Trinajstić information content (AvgIpc) is 2.58. The molecule has 1 aliphatic heterocycles. The molecule has 0 aliphatic carbocycles. The third kappa shape index (κ3) is 3.22. The van der Waals surface area contributed by atoms with Gasteiger partial charge in [0, 0.05) is 38.9 Å². The Bertz CT molecular complexity index is 621. The van der Waals surface area contributed by atoms with Crippen LogP contribution in [0.3, 0.4) is 0 Å². The maximum atomic E-state index is 5.47. The highest BCUT2D eigenvalue weighted by atomic mass is 16.5. The summed E-state index contributed by atoms with van der Waals surface area (Å²) in [6.45, 7) is 7.21. The lowest BCUT2D eigenvalue weighted by molar-refractivity contribution is 0.246. The van der Waals surface area contributed by atoms with Crippen LogP contribution in [0, 0.1) is 6.92 Å². The molecule has 0 bridgehead atoms. The second kappa shape index (κ2) is 6.79. The SMILES string of the molecule is COc1ccccc1N1CCN(Cc2ncccc2C)CC1. The summed E-state index contributed by atoms with van der Waals surface area (Å²) >= 11 is 0. The van der Waals surface area contributed by atoms with Crippen molar-refractivity contribution in [3.05, 3.63) is 53.9 Å². The molecule has 0 atom stereocenters. The molecule has 1 aromatic carbocycles. The first kappa shape index (κ1) is 14.9. The van der Waals surface area contributed by atoms with Crippen LogP contribution in [0.4, 0.5) is 5.69 Å². The van der Waals surface area contributed by atoms with Gasteiger partial charge in [-0.15, -0.1) is 0 Å². The van der Waals surface area contributed by atoms with Gasteiger partial charge in [-0.2, -0.15) is 0 Å². The molecule has 1 aliphatic rings. The lowest BCUT2D eigenvalue weighted by Gasteiger charge is -2.36. The van der Waals surface area contributed by atoms with Crippen molar-refractivity contribution in [2.75, 3.05) is 38.2 Å². The first-order valence-electron chi connectivity index (χ1n) is 7.79. The van der Waals surface area contributed by atoms with Crippen molar-refractivity contribution in [1.29, 1.82) is 0 Å². The zero-order valence-corrected chi connectivity index (χ0v) is 13.3. The number of rotatable bonds is 4. The van der Waals surface area contributed by atoms with Crippen molar-refractivity contribution in [3.8, 4) is 5.75 Å². The van der Waals surface area contributed by atoms with Crippen molar-refractivity contribution in [3.63, 3.8) is 0 Å². The molecule has 4 heteroatoms. The van der Waals surface area contributed by atoms with Gasteiger partial charge >= 0.3 is 0 Å². The van der Waals surface area contributed by atoms with E-state index in [0.29, 0.717) is 0 Å².